The van der Waals surface area contributed by atoms with E-state index in [0.29, 0.717) is 25.7 Å². The Hall–Kier alpha value is -2.05. The monoisotopic (exact) mass is 552 g/mol. The van der Waals surface area contributed by atoms with E-state index in [1.54, 1.807) is 20.8 Å². The van der Waals surface area contributed by atoms with E-state index in [2.05, 4.69) is 6.58 Å². The molecule has 2 saturated carbocycles. The summed E-state index contributed by atoms with van der Waals surface area (Å²) in [6.45, 7) is 9.11. The molecular formula is C28H40O11. The van der Waals surface area contributed by atoms with Gasteiger partial charge in [0.15, 0.2) is 17.9 Å². The molecule has 0 bridgehead atoms. The smallest absolute Gasteiger partial charge is 0.333 e. The molecule has 0 aromatic rings. The van der Waals surface area contributed by atoms with E-state index in [1.165, 1.54) is 0 Å². The van der Waals surface area contributed by atoms with E-state index in [-0.39, 0.29) is 37.3 Å². The van der Waals surface area contributed by atoms with Gasteiger partial charge in [0.1, 0.15) is 42.9 Å². The lowest BCUT2D eigenvalue weighted by atomic mass is 9.83. The van der Waals surface area contributed by atoms with E-state index in [1.807, 2.05) is 0 Å². The second-order valence-corrected chi connectivity index (χ2v) is 11.0. The summed E-state index contributed by atoms with van der Waals surface area (Å²) in [5, 5.41) is 0. The topological polar surface area (TPSA) is 125 Å². The zero-order chi connectivity index (χ0) is 27.8. The molecule has 11 heteroatoms. The Labute approximate surface area is 228 Å². The SMILES string of the molecule is C=C(C)C(=O)OC[C@H]1O[C@@H]2OC3(CCCCC3C(=O)OCC)O[C@@H]2[C@H]2OC3(CCCCC3C(=O)OCC)O[C@H]21. The number of hydrogen-bond acceptors (Lipinski definition) is 11. The van der Waals surface area contributed by atoms with Crippen molar-refractivity contribution in [3.8, 4) is 0 Å². The van der Waals surface area contributed by atoms with Gasteiger partial charge in [-0.15, -0.1) is 0 Å². The van der Waals surface area contributed by atoms with Gasteiger partial charge in [0.05, 0.1) is 13.2 Å². The minimum Gasteiger partial charge on any atom is -0.466 e. The maximum atomic E-state index is 13.0. The molecule has 0 radical (unpaired) electrons. The highest BCUT2D eigenvalue weighted by molar-refractivity contribution is 5.86. The maximum absolute atomic E-state index is 13.0. The molecule has 218 valence electrons. The van der Waals surface area contributed by atoms with Crippen LogP contribution in [0, 0.1) is 11.8 Å². The van der Waals surface area contributed by atoms with E-state index in [9.17, 15) is 14.4 Å². The van der Waals surface area contributed by atoms with E-state index >= 15 is 0 Å². The lowest BCUT2D eigenvalue weighted by molar-refractivity contribution is -0.273. The first-order chi connectivity index (χ1) is 18.7. The van der Waals surface area contributed by atoms with Crippen LogP contribution in [0.2, 0.25) is 0 Å². The molecule has 0 aromatic carbocycles. The molecule has 3 aliphatic heterocycles. The minimum absolute atomic E-state index is 0.128. The molecule has 5 aliphatic rings. The summed E-state index contributed by atoms with van der Waals surface area (Å²) >= 11 is 0. The van der Waals surface area contributed by atoms with Crippen molar-refractivity contribution in [3.63, 3.8) is 0 Å². The van der Waals surface area contributed by atoms with Crippen LogP contribution in [0.4, 0.5) is 0 Å². The highest BCUT2D eigenvalue weighted by atomic mass is 16.9. The van der Waals surface area contributed by atoms with E-state index < -0.39 is 60.1 Å². The summed E-state index contributed by atoms with van der Waals surface area (Å²) in [7, 11) is 0. The van der Waals surface area contributed by atoms with Crippen LogP contribution in [-0.4, -0.2) is 80.0 Å². The van der Waals surface area contributed by atoms with Gasteiger partial charge in [0, 0.05) is 18.4 Å². The first kappa shape index (κ1) is 28.5. The van der Waals surface area contributed by atoms with Crippen LogP contribution in [0.3, 0.4) is 0 Å². The normalized spacial score (nSPS) is 41.1. The van der Waals surface area contributed by atoms with Crippen molar-refractivity contribution >= 4 is 17.9 Å². The van der Waals surface area contributed by atoms with Crippen molar-refractivity contribution < 1.29 is 52.3 Å². The predicted molar refractivity (Wildman–Crippen MR) is 133 cm³/mol. The second kappa shape index (κ2) is 11.4. The van der Waals surface area contributed by atoms with Gasteiger partial charge in [-0.2, -0.15) is 0 Å². The number of hydrogen-bond donors (Lipinski definition) is 0. The first-order valence-corrected chi connectivity index (χ1v) is 14.3. The van der Waals surface area contributed by atoms with Gasteiger partial charge in [-0.1, -0.05) is 19.4 Å². The fourth-order valence-corrected chi connectivity index (χ4v) is 6.61. The van der Waals surface area contributed by atoms with E-state index in [4.69, 9.17) is 37.9 Å². The number of carbonyl (C=O) groups is 3. The second-order valence-electron chi connectivity index (χ2n) is 11.0. The van der Waals surface area contributed by atoms with Crippen LogP contribution < -0.4 is 0 Å². The lowest BCUT2D eigenvalue weighted by Gasteiger charge is -2.39. The van der Waals surface area contributed by atoms with Gasteiger partial charge < -0.3 is 37.9 Å². The molecule has 0 amide bonds. The van der Waals surface area contributed by atoms with Gasteiger partial charge in [0.25, 0.3) is 0 Å². The van der Waals surface area contributed by atoms with Crippen LogP contribution in [0.25, 0.3) is 0 Å². The van der Waals surface area contributed by atoms with Crippen molar-refractivity contribution in [1.29, 1.82) is 0 Å². The summed E-state index contributed by atoms with van der Waals surface area (Å²) < 4.78 is 48.8. The number of fused-ring (bicyclic) bond motifs is 3. The highest BCUT2D eigenvalue weighted by Crippen LogP contribution is 2.53. The molecule has 39 heavy (non-hydrogen) atoms. The van der Waals surface area contributed by atoms with Crippen LogP contribution in [0.5, 0.6) is 0 Å². The van der Waals surface area contributed by atoms with Gasteiger partial charge in [0.2, 0.25) is 0 Å². The van der Waals surface area contributed by atoms with Gasteiger partial charge in [-0.05, 0) is 46.5 Å². The number of carbonyl (C=O) groups excluding carboxylic acids is 3. The van der Waals surface area contributed by atoms with Crippen LogP contribution in [0.1, 0.15) is 72.1 Å². The third kappa shape index (κ3) is 5.24. The van der Waals surface area contributed by atoms with E-state index in [0.717, 1.165) is 25.7 Å². The Morgan fingerprint density at radius 1 is 0.769 bits per heavy atom. The minimum atomic E-state index is -1.22. The van der Waals surface area contributed by atoms with Crippen molar-refractivity contribution in [2.45, 2.75) is 114 Å². The zero-order valence-corrected chi connectivity index (χ0v) is 23.0. The fourth-order valence-electron chi connectivity index (χ4n) is 6.61. The number of ether oxygens (including phenoxy) is 8. The van der Waals surface area contributed by atoms with Gasteiger partial charge in [-0.25, -0.2) is 4.79 Å². The molecule has 2 spiro atoms. The fraction of sp³-hybridized carbons (Fsp3) is 0.821. The molecule has 2 aliphatic carbocycles. The lowest BCUT2D eigenvalue weighted by Crippen LogP contribution is -2.56. The van der Waals surface area contributed by atoms with Crippen molar-refractivity contribution in [2.24, 2.45) is 11.8 Å². The largest absolute Gasteiger partial charge is 0.466 e. The third-order valence-electron chi connectivity index (χ3n) is 8.38. The summed E-state index contributed by atoms with van der Waals surface area (Å²) in [5.41, 5.74) is 0.258. The maximum Gasteiger partial charge on any atom is 0.333 e. The summed E-state index contributed by atoms with van der Waals surface area (Å²) in [5.74, 6) is -4.96. The quantitative estimate of drug-likeness (QED) is 0.263. The van der Waals surface area contributed by atoms with Crippen LogP contribution in [0.15, 0.2) is 12.2 Å². The number of rotatable bonds is 7. The molecule has 3 heterocycles. The Morgan fingerprint density at radius 3 is 1.87 bits per heavy atom. The molecule has 4 unspecified atom stereocenters. The third-order valence-corrected chi connectivity index (χ3v) is 8.38. The molecule has 0 aromatic heterocycles. The summed E-state index contributed by atoms with van der Waals surface area (Å²) in [6.07, 6.45) is 1.69. The molecule has 0 N–H and O–H groups in total. The van der Waals surface area contributed by atoms with Crippen LogP contribution in [-0.2, 0) is 52.3 Å². The zero-order valence-electron chi connectivity index (χ0n) is 23.0. The first-order valence-electron chi connectivity index (χ1n) is 14.3. The van der Waals surface area contributed by atoms with Gasteiger partial charge >= 0.3 is 17.9 Å². The molecule has 11 nitrogen and oxygen atoms in total. The van der Waals surface area contributed by atoms with Crippen LogP contribution >= 0.6 is 0 Å². The standard InChI is InChI=1S/C28H40O11/c1-5-32-24(30)17-11-7-9-13-27(17)36-20-19(15-34-23(29)16(3)4)35-26-22(21(20)37-27)38-28(39-26)14-10-8-12-18(28)25(31)33-6-2/h17-22,26H,3,5-15H2,1-2,4H3/t17?,18?,19-,20+,21+,22-,26-,27?,28?/m1/s1. The average Bonchev–Trinajstić information content (AvgIpc) is 3.46. The summed E-state index contributed by atoms with van der Waals surface area (Å²) in [6, 6.07) is 0. The Kier molecular flexibility index (Phi) is 8.36. The highest BCUT2D eigenvalue weighted by Gasteiger charge is 2.68. The van der Waals surface area contributed by atoms with Crippen molar-refractivity contribution in [3.05, 3.63) is 12.2 Å². The predicted octanol–water partition coefficient (Wildman–Crippen LogP) is 2.93. The molecule has 5 fully saturated rings. The molecule has 3 saturated heterocycles. The molecule has 5 rings (SSSR count). The Bertz CT molecular complexity index is 967. The molecule has 9 atom stereocenters. The van der Waals surface area contributed by atoms with Gasteiger partial charge in [-0.3, -0.25) is 9.59 Å². The number of esters is 3. The summed E-state index contributed by atoms with van der Waals surface area (Å²) in [4.78, 5) is 38.1. The Balaban J connectivity index is 1.44. The average molecular weight is 553 g/mol. The van der Waals surface area contributed by atoms with Crippen molar-refractivity contribution in [1.82, 2.24) is 0 Å². The van der Waals surface area contributed by atoms with Crippen molar-refractivity contribution in [2.75, 3.05) is 19.8 Å². The molecular weight excluding hydrogens is 512 g/mol. The Morgan fingerprint density at radius 2 is 1.31 bits per heavy atom.